The van der Waals surface area contributed by atoms with Gasteiger partial charge in [0.05, 0.1) is 16.3 Å². The van der Waals surface area contributed by atoms with E-state index in [2.05, 4.69) is 35.3 Å². The molecule has 5 heterocycles. The third-order valence-corrected chi connectivity index (χ3v) is 9.40. The molecular formula is C42H22N4O3. The average molecular weight is 631 g/mol. The first-order valence-corrected chi connectivity index (χ1v) is 16.0. The van der Waals surface area contributed by atoms with Crippen molar-refractivity contribution in [3.05, 3.63) is 134 Å². The molecule has 0 atom stereocenters. The van der Waals surface area contributed by atoms with Crippen LogP contribution in [0.5, 0.6) is 0 Å². The van der Waals surface area contributed by atoms with Gasteiger partial charge in [-0.1, -0.05) is 84.9 Å². The van der Waals surface area contributed by atoms with Crippen LogP contribution in [0.2, 0.25) is 0 Å². The highest BCUT2D eigenvalue weighted by atomic mass is 16.4. The largest absolute Gasteiger partial charge is 0.456 e. The maximum absolute atomic E-state index is 6.83. The van der Waals surface area contributed by atoms with Crippen LogP contribution in [0.3, 0.4) is 0 Å². The van der Waals surface area contributed by atoms with Gasteiger partial charge in [0.1, 0.15) is 33.5 Å². The van der Waals surface area contributed by atoms with Gasteiger partial charge in [-0.25, -0.2) is 15.0 Å². The van der Waals surface area contributed by atoms with Crippen LogP contribution in [-0.4, -0.2) is 19.9 Å². The molecule has 0 amide bonds. The van der Waals surface area contributed by atoms with Crippen molar-refractivity contribution < 1.29 is 13.3 Å². The van der Waals surface area contributed by atoms with Gasteiger partial charge in [-0.05, 0) is 52.9 Å². The first-order chi connectivity index (χ1) is 24.3. The smallest absolute Gasteiger partial charge is 0.167 e. The Labute approximate surface area is 277 Å². The van der Waals surface area contributed by atoms with Gasteiger partial charge in [-0.3, -0.25) is 4.98 Å². The van der Waals surface area contributed by atoms with Crippen molar-refractivity contribution in [1.82, 2.24) is 19.9 Å². The number of hydrogen-bond acceptors (Lipinski definition) is 7. The summed E-state index contributed by atoms with van der Waals surface area (Å²) < 4.78 is 19.9. The van der Waals surface area contributed by atoms with E-state index >= 15 is 0 Å². The zero-order valence-electron chi connectivity index (χ0n) is 25.7. The van der Waals surface area contributed by atoms with Crippen LogP contribution in [0.15, 0.2) is 147 Å². The molecule has 0 saturated carbocycles. The zero-order chi connectivity index (χ0) is 32.1. The molecule has 11 aromatic rings. The number of pyridine rings is 1. The molecule has 0 aliphatic rings. The normalized spacial score (nSPS) is 12.1. The van der Waals surface area contributed by atoms with E-state index in [0.717, 1.165) is 82.5 Å². The Morgan fingerprint density at radius 2 is 1.02 bits per heavy atom. The highest BCUT2D eigenvalue weighted by Crippen LogP contribution is 2.48. The fraction of sp³-hybridized carbons (Fsp3) is 0. The van der Waals surface area contributed by atoms with Gasteiger partial charge in [-0.2, -0.15) is 0 Å². The van der Waals surface area contributed by atoms with Gasteiger partial charge in [0, 0.05) is 39.7 Å². The molecule has 0 radical (unpaired) electrons. The quantitative estimate of drug-likeness (QED) is 0.191. The Morgan fingerprint density at radius 1 is 0.408 bits per heavy atom. The lowest BCUT2D eigenvalue weighted by atomic mass is 10.0. The Morgan fingerprint density at radius 3 is 1.82 bits per heavy atom. The van der Waals surface area contributed by atoms with Crippen molar-refractivity contribution in [2.24, 2.45) is 0 Å². The third kappa shape index (κ3) is 3.84. The monoisotopic (exact) mass is 630 g/mol. The van der Waals surface area contributed by atoms with E-state index in [-0.39, 0.29) is 0 Å². The van der Waals surface area contributed by atoms with E-state index in [4.69, 9.17) is 28.2 Å². The van der Waals surface area contributed by atoms with Crippen LogP contribution in [0.4, 0.5) is 0 Å². The highest BCUT2D eigenvalue weighted by Gasteiger charge is 2.26. The predicted molar refractivity (Wildman–Crippen MR) is 192 cm³/mol. The van der Waals surface area contributed by atoms with E-state index in [1.807, 2.05) is 97.2 Å². The van der Waals surface area contributed by atoms with Crippen LogP contribution in [0.25, 0.3) is 111 Å². The van der Waals surface area contributed by atoms with Gasteiger partial charge >= 0.3 is 0 Å². The van der Waals surface area contributed by atoms with Crippen molar-refractivity contribution in [2.45, 2.75) is 0 Å². The fourth-order valence-corrected chi connectivity index (χ4v) is 7.14. The molecule has 0 bridgehead atoms. The van der Waals surface area contributed by atoms with E-state index in [9.17, 15) is 0 Å². The number of furan rings is 2. The Hall–Kier alpha value is -6.86. The number of aromatic nitrogens is 4. The van der Waals surface area contributed by atoms with E-state index in [0.29, 0.717) is 28.6 Å². The van der Waals surface area contributed by atoms with Crippen molar-refractivity contribution in [3.8, 4) is 45.3 Å². The van der Waals surface area contributed by atoms with Crippen LogP contribution >= 0.6 is 0 Å². The molecule has 0 spiro atoms. The summed E-state index contributed by atoms with van der Waals surface area (Å²) in [5.74, 6) is 1.64. The van der Waals surface area contributed by atoms with Crippen LogP contribution in [0, 0.1) is 0 Å². The first kappa shape index (κ1) is 26.2. The minimum atomic E-state index is 0.506. The molecule has 11 rings (SSSR count). The maximum atomic E-state index is 6.83. The van der Waals surface area contributed by atoms with Gasteiger partial charge < -0.3 is 13.3 Å². The Kier molecular flexibility index (Phi) is 5.26. The topological polar surface area (TPSA) is 91.0 Å². The molecule has 0 aliphatic carbocycles. The molecule has 5 aromatic heterocycles. The Balaban J connectivity index is 1.18. The minimum absolute atomic E-state index is 0.506. The van der Waals surface area contributed by atoms with Gasteiger partial charge in [0.25, 0.3) is 0 Å². The lowest BCUT2D eigenvalue weighted by molar-refractivity contribution is 0.658. The number of fused-ring (bicyclic) bond motifs is 2. The highest BCUT2D eigenvalue weighted by molar-refractivity contribution is 6.34. The van der Waals surface area contributed by atoms with Crippen molar-refractivity contribution in [1.29, 1.82) is 0 Å². The fourth-order valence-electron chi connectivity index (χ4n) is 7.14. The lowest BCUT2D eigenvalue weighted by Crippen LogP contribution is -2.00. The van der Waals surface area contributed by atoms with E-state index in [1.54, 1.807) is 6.20 Å². The first-order valence-electron chi connectivity index (χ1n) is 16.0. The summed E-state index contributed by atoms with van der Waals surface area (Å²) in [5.41, 5.74) is 9.07. The summed E-state index contributed by atoms with van der Waals surface area (Å²) in [6.07, 6.45) is 3.63. The maximum Gasteiger partial charge on any atom is 0.167 e. The summed E-state index contributed by atoms with van der Waals surface area (Å²) in [6, 6.07) is 40.4. The third-order valence-electron chi connectivity index (χ3n) is 9.40. The molecular weight excluding hydrogens is 608 g/mol. The molecule has 228 valence electrons. The molecule has 0 unspecified atom stereocenters. The molecule has 49 heavy (non-hydrogen) atoms. The molecule has 0 fully saturated rings. The second kappa shape index (κ2) is 9.82. The van der Waals surface area contributed by atoms with Crippen LogP contribution < -0.4 is 0 Å². The Bertz CT molecular complexity index is 3030. The lowest BCUT2D eigenvalue weighted by Gasteiger charge is -2.09. The molecule has 0 saturated heterocycles. The standard InChI is InChI=1S/C42H22N4O3/c1-2-7-24(8-3-1)40-44-41(25-14-12-23(13-15-25)27-10-6-20-43-22-27)46-42(45-40)29-16-17-32-36-35-31(48-39(29)36)19-18-30-34(35)37-33(47-30)21-26-9-4-5-11-28(26)38(37)49-32/h1-22H. The summed E-state index contributed by atoms with van der Waals surface area (Å²) in [6.45, 7) is 0. The molecule has 7 nitrogen and oxygen atoms in total. The summed E-state index contributed by atoms with van der Waals surface area (Å²) >= 11 is 0. The molecule has 0 aliphatic heterocycles. The van der Waals surface area contributed by atoms with E-state index < -0.39 is 0 Å². The predicted octanol–water partition coefficient (Wildman–Crippen LogP) is 11.1. The summed E-state index contributed by atoms with van der Waals surface area (Å²) in [4.78, 5) is 19.3. The summed E-state index contributed by atoms with van der Waals surface area (Å²) in [5, 5.41) is 5.84. The minimum Gasteiger partial charge on any atom is -0.456 e. The van der Waals surface area contributed by atoms with Crippen molar-refractivity contribution in [3.63, 3.8) is 0 Å². The molecule has 7 heteroatoms. The van der Waals surface area contributed by atoms with Crippen molar-refractivity contribution in [2.75, 3.05) is 0 Å². The second-order valence-corrected chi connectivity index (χ2v) is 12.2. The number of benzene rings is 6. The van der Waals surface area contributed by atoms with Gasteiger partial charge in [0.15, 0.2) is 17.5 Å². The summed E-state index contributed by atoms with van der Waals surface area (Å²) in [7, 11) is 0. The number of nitrogens with zero attached hydrogens (tertiary/aromatic N) is 4. The SMILES string of the molecule is c1ccc(-c2nc(-c3ccc(-c4cccnc4)cc3)nc(-c3ccc4oc5c6ccccc6cc6oc7ccc8oc3c4c8c7c65)n2)cc1. The van der Waals surface area contributed by atoms with Crippen LogP contribution in [-0.2, 0) is 0 Å². The second-order valence-electron chi connectivity index (χ2n) is 12.2. The molecule has 0 N–H and O–H groups in total. The number of rotatable bonds is 4. The van der Waals surface area contributed by atoms with Crippen LogP contribution in [0.1, 0.15) is 0 Å². The van der Waals surface area contributed by atoms with Gasteiger partial charge in [-0.15, -0.1) is 0 Å². The van der Waals surface area contributed by atoms with E-state index in [1.165, 1.54) is 0 Å². The average Bonchev–Trinajstić information content (AvgIpc) is 3.69. The van der Waals surface area contributed by atoms with Gasteiger partial charge in [0.2, 0.25) is 0 Å². The molecule has 6 aromatic carbocycles. The number of hydrogen-bond donors (Lipinski definition) is 0. The van der Waals surface area contributed by atoms with Crippen molar-refractivity contribution >= 4 is 65.8 Å². The zero-order valence-corrected chi connectivity index (χ0v) is 25.7.